The van der Waals surface area contributed by atoms with Gasteiger partial charge in [0.1, 0.15) is 5.82 Å². The first kappa shape index (κ1) is 9.86. The van der Waals surface area contributed by atoms with Crippen molar-refractivity contribution in [3.63, 3.8) is 0 Å². The van der Waals surface area contributed by atoms with E-state index in [0.29, 0.717) is 0 Å². The molecule has 0 aliphatic heterocycles. The average molecular weight is 217 g/mol. The van der Waals surface area contributed by atoms with Crippen LogP contribution in [0, 0.1) is 6.92 Å². The first-order chi connectivity index (χ1) is 7.24. The number of thiocarbonyl (C=S) groups is 1. The van der Waals surface area contributed by atoms with E-state index in [1.165, 1.54) is 0 Å². The van der Waals surface area contributed by atoms with E-state index in [1.54, 1.807) is 11.6 Å². The fraction of sp³-hybridized carbons (Fsp3) is 0.0909. The molecular formula is C11H11N3S. The SMILES string of the molecule is Cc1c(N)cccc1-n1ccnc1C=S. The van der Waals surface area contributed by atoms with Gasteiger partial charge in [-0.05, 0) is 24.6 Å². The molecular weight excluding hydrogens is 206 g/mol. The molecule has 3 nitrogen and oxygen atoms in total. The number of rotatable bonds is 2. The molecule has 0 atom stereocenters. The lowest BCUT2D eigenvalue weighted by Crippen LogP contribution is -2.02. The fourth-order valence-corrected chi connectivity index (χ4v) is 1.68. The molecule has 76 valence electrons. The molecule has 0 radical (unpaired) electrons. The lowest BCUT2D eigenvalue weighted by atomic mass is 10.1. The number of hydrogen-bond donors (Lipinski definition) is 1. The summed E-state index contributed by atoms with van der Waals surface area (Å²) < 4.78 is 1.93. The maximum absolute atomic E-state index is 5.85. The predicted molar refractivity (Wildman–Crippen MR) is 65.5 cm³/mol. The van der Waals surface area contributed by atoms with Crippen molar-refractivity contribution < 1.29 is 0 Å². The van der Waals surface area contributed by atoms with Gasteiger partial charge in [0.25, 0.3) is 0 Å². The van der Waals surface area contributed by atoms with Crippen molar-refractivity contribution in [2.75, 3.05) is 5.73 Å². The molecule has 0 saturated carbocycles. The fourth-order valence-electron chi connectivity index (χ4n) is 1.51. The van der Waals surface area contributed by atoms with E-state index < -0.39 is 0 Å². The summed E-state index contributed by atoms with van der Waals surface area (Å²) in [6.07, 6.45) is 3.60. The largest absolute Gasteiger partial charge is 0.398 e. The van der Waals surface area contributed by atoms with Crippen LogP contribution in [0.4, 0.5) is 5.69 Å². The van der Waals surface area contributed by atoms with Crippen LogP contribution in [-0.2, 0) is 0 Å². The van der Waals surface area contributed by atoms with E-state index in [-0.39, 0.29) is 0 Å². The van der Waals surface area contributed by atoms with Gasteiger partial charge in [-0.15, -0.1) is 0 Å². The van der Waals surface area contributed by atoms with Gasteiger partial charge in [-0.1, -0.05) is 18.3 Å². The van der Waals surface area contributed by atoms with E-state index in [0.717, 1.165) is 22.8 Å². The van der Waals surface area contributed by atoms with E-state index in [2.05, 4.69) is 4.98 Å². The van der Waals surface area contributed by atoms with E-state index in [9.17, 15) is 0 Å². The zero-order chi connectivity index (χ0) is 10.8. The Hall–Kier alpha value is -1.68. The van der Waals surface area contributed by atoms with Crippen molar-refractivity contribution in [3.05, 3.63) is 42.0 Å². The second kappa shape index (κ2) is 3.82. The van der Waals surface area contributed by atoms with Crippen LogP contribution in [0.25, 0.3) is 5.69 Å². The number of benzene rings is 1. The normalized spacial score (nSPS) is 10.2. The van der Waals surface area contributed by atoms with Gasteiger partial charge >= 0.3 is 0 Å². The van der Waals surface area contributed by atoms with Gasteiger partial charge in [-0.2, -0.15) is 0 Å². The Bertz CT molecular complexity index is 502. The Kier molecular flexibility index (Phi) is 2.51. The van der Waals surface area contributed by atoms with Gasteiger partial charge in [-0.25, -0.2) is 4.98 Å². The van der Waals surface area contributed by atoms with E-state index in [4.69, 9.17) is 18.0 Å². The minimum Gasteiger partial charge on any atom is -0.398 e. The third kappa shape index (κ3) is 1.64. The van der Waals surface area contributed by atoms with Crippen LogP contribution in [0.5, 0.6) is 0 Å². The number of hydrogen-bond acceptors (Lipinski definition) is 3. The molecule has 0 amide bonds. The van der Waals surface area contributed by atoms with Gasteiger partial charge < -0.3 is 5.73 Å². The molecule has 0 unspecified atom stereocenters. The van der Waals surface area contributed by atoms with Crippen LogP contribution in [0.1, 0.15) is 11.4 Å². The van der Waals surface area contributed by atoms with Crippen molar-refractivity contribution >= 4 is 23.3 Å². The quantitative estimate of drug-likeness (QED) is 0.619. The molecule has 0 saturated heterocycles. The van der Waals surface area contributed by atoms with Crippen molar-refractivity contribution in [1.82, 2.24) is 9.55 Å². The van der Waals surface area contributed by atoms with Crippen LogP contribution in [-0.4, -0.2) is 14.9 Å². The Balaban J connectivity index is 2.64. The first-order valence-corrected chi connectivity index (χ1v) is 5.05. The summed E-state index contributed by atoms with van der Waals surface area (Å²) in [5.74, 6) is 0.749. The van der Waals surface area contributed by atoms with Crippen molar-refractivity contribution in [3.8, 4) is 5.69 Å². The maximum atomic E-state index is 5.85. The highest BCUT2D eigenvalue weighted by atomic mass is 32.1. The Morgan fingerprint density at radius 2 is 2.27 bits per heavy atom. The van der Waals surface area contributed by atoms with Crippen LogP contribution in [0.3, 0.4) is 0 Å². The van der Waals surface area contributed by atoms with Crippen LogP contribution >= 0.6 is 12.2 Å². The molecule has 4 heteroatoms. The zero-order valence-electron chi connectivity index (χ0n) is 8.34. The number of nitrogens with zero attached hydrogens (tertiary/aromatic N) is 2. The molecule has 15 heavy (non-hydrogen) atoms. The van der Waals surface area contributed by atoms with Gasteiger partial charge in [0.15, 0.2) is 0 Å². The molecule has 2 aromatic rings. The summed E-state index contributed by atoms with van der Waals surface area (Å²) in [7, 11) is 0. The number of anilines is 1. The van der Waals surface area contributed by atoms with Crippen LogP contribution < -0.4 is 5.73 Å². The summed E-state index contributed by atoms with van der Waals surface area (Å²) in [4.78, 5) is 4.14. The van der Waals surface area contributed by atoms with E-state index >= 15 is 0 Å². The highest BCUT2D eigenvalue weighted by molar-refractivity contribution is 7.79. The molecule has 0 aliphatic carbocycles. The van der Waals surface area contributed by atoms with Crippen molar-refractivity contribution in [1.29, 1.82) is 0 Å². The minimum absolute atomic E-state index is 0.749. The molecule has 0 bridgehead atoms. The highest BCUT2D eigenvalue weighted by Crippen LogP contribution is 2.20. The molecule has 1 aromatic carbocycles. The van der Waals surface area contributed by atoms with Crippen LogP contribution in [0.2, 0.25) is 0 Å². The Labute approximate surface area is 93.6 Å². The third-order valence-corrected chi connectivity index (χ3v) is 2.59. The maximum Gasteiger partial charge on any atom is 0.147 e. The smallest absolute Gasteiger partial charge is 0.147 e. The Morgan fingerprint density at radius 3 is 3.00 bits per heavy atom. The summed E-state index contributed by atoms with van der Waals surface area (Å²) in [5.41, 5.74) is 8.68. The summed E-state index contributed by atoms with van der Waals surface area (Å²) in [5, 5.41) is 1.56. The number of nitrogen functional groups attached to an aromatic ring is 1. The minimum atomic E-state index is 0.749. The number of nitrogens with two attached hydrogens (primary N) is 1. The Morgan fingerprint density at radius 1 is 1.47 bits per heavy atom. The molecule has 2 rings (SSSR count). The van der Waals surface area contributed by atoms with Gasteiger partial charge in [0.2, 0.25) is 0 Å². The summed E-state index contributed by atoms with van der Waals surface area (Å²) >= 11 is 4.90. The predicted octanol–water partition coefficient (Wildman–Crippen LogP) is 2.11. The van der Waals surface area contributed by atoms with E-state index in [1.807, 2.05) is 35.9 Å². The van der Waals surface area contributed by atoms with Crippen molar-refractivity contribution in [2.24, 2.45) is 0 Å². The van der Waals surface area contributed by atoms with Gasteiger partial charge in [0, 0.05) is 23.4 Å². The monoisotopic (exact) mass is 217 g/mol. The molecule has 1 heterocycles. The zero-order valence-corrected chi connectivity index (χ0v) is 9.16. The molecule has 0 aliphatic rings. The lowest BCUT2D eigenvalue weighted by Gasteiger charge is -2.10. The lowest BCUT2D eigenvalue weighted by molar-refractivity contribution is 1.03. The van der Waals surface area contributed by atoms with Gasteiger partial charge in [-0.3, -0.25) is 4.57 Å². The molecule has 0 spiro atoms. The number of aromatic nitrogens is 2. The average Bonchev–Trinajstić information content (AvgIpc) is 2.70. The summed E-state index contributed by atoms with van der Waals surface area (Å²) in [6.45, 7) is 1.98. The highest BCUT2D eigenvalue weighted by Gasteiger charge is 2.06. The molecule has 1 aromatic heterocycles. The number of imidazole rings is 1. The second-order valence-electron chi connectivity index (χ2n) is 3.26. The standard InChI is InChI=1S/C11H11N3S/c1-8-9(12)3-2-4-10(8)14-6-5-13-11(14)7-15/h2-7H,12H2,1H3. The third-order valence-electron chi connectivity index (χ3n) is 2.38. The van der Waals surface area contributed by atoms with Crippen molar-refractivity contribution in [2.45, 2.75) is 6.92 Å². The van der Waals surface area contributed by atoms with Crippen LogP contribution in [0.15, 0.2) is 30.6 Å². The first-order valence-electron chi connectivity index (χ1n) is 4.58. The second-order valence-corrected chi connectivity index (χ2v) is 3.50. The topological polar surface area (TPSA) is 43.8 Å². The summed E-state index contributed by atoms with van der Waals surface area (Å²) in [6, 6.07) is 5.80. The molecule has 2 N–H and O–H groups in total. The van der Waals surface area contributed by atoms with Gasteiger partial charge in [0.05, 0.1) is 5.69 Å². The molecule has 0 fully saturated rings.